The molecule has 236 valence electrons. The van der Waals surface area contributed by atoms with E-state index in [1.54, 1.807) is 0 Å². The Morgan fingerprint density at radius 1 is 0.487 bits per heavy atom. The van der Waals surface area contributed by atoms with E-state index in [0.717, 1.165) is 38.9 Å². The predicted molar refractivity (Wildman–Crippen MR) is 173 cm³/mol. The molecule has 0 bridgehead atoms. The van der Waals surface area contributed by atoms with Gasteiger partial charge in [0.25, 0.3) is 0 Å². The maximum Gasteiger partial charge on any atom is 0.305 e. The average molecular weight is 556 g/mol. The zero-order valence-electron chi connectivity index (χ0n) is 27.4. The summed E-state index contributed by atoms with van der Waals surface area (Å²) in [7, 11) is 0. The van der Waals surface area contributed by atoms with E-state index in [1.165, 1.54) is 135 Å². The van der Waals surface area contributed by atoms with Crippen LogP contribution in [0.1, 0.15) is 188 Å². The number of esters is 1. The third kappa shape index (κ3) is 37.4. The summed E-state index contributed by atoms with van der Waals surface area (Å²) in [5, 5.41) is 9.28. The van der Waals surface area contributed by atoms with E-state index < -0.39 is 0 Å². The molecular weight excluding hydrogens is 482 g/mol. The van der Waals surface area contributed by atoms with Crippen LogP contribution in [0.25, 0.3) is 0 Å². The first kappa shape index (κ1) is 40.5. The number of rotatable bonds is 30. The van der Waals surface area contributed by atoms with Gasteiger partial charge in [0.05, 0.1) is 13.2 Å². The van der Waals surface area contributed by atoms with E-state index in [0.29, 0.717) is 13.0 Å². The van der Waals surface area contributed by atoms with Gasteiger partial charge in [-0.3, -0.25) is 4.79 Å². The number of nitrogens with zero attached hydrogens (tertiary/aromatic N) is 1. The molecule has 0 aliphatic carbocycles. The van der Waals surface area contributed by atoms with Crippen LogP contribution < -0.4 is 0 Å². The number of ether oxygens (including phenoxy) is 1. The fourth-order valence-electron chi connectivity index (χ4n) is 4.90. The van der Waals surface area contributed by atoms with Crippen molar-refractivity contribution < 1.29 is 14.6 Å². The van der Waals surface area contributed by atoms with Crippen LogP contribution in [0.2, 0.25) is 0 Å². The number of carbonyl (C=O) groups is 1. The third-order valence-corrected chi connectivity index (χ3v) is 7.57. The Balaban J connectivity index is 0. The summed E-state index contributed by atoms with van der Waals surface area (Å²) in [5.74, 6) is -0.0148. The van der Waals surface area contributed by atoms with Crippen LogP contribution in [0, 0.1) is 0 Å². The quantitative estimate of drug-likeness (QED) is 0.0707. The van der Waals surface area contributed by atoms with Gasteiger partial charge in [-0.05, 0) is 38.8 Å². The maximum absolute atomic E-state index is 11.8. The second-order valence-corrected chi connectivity index (χ2v) is 11.6. The highest BCUT2D eigenvalue weighted by atomic mass is 16.5. The largest absolute Gasteiger partial charge is 0.466 e. The molecule has 0 aromatic carbocycles. The second kappa shape index (κ2) is 37.4. The first-order valence-corrected chi connectivity index (χ1v) is 17.6. The van der Waals surface area contributed by atoms with Crippen LogP contribution >= 0.6 is 0 Å². The lowest BCUT2D eigenvalue weighted by atomic mass is 10.1. The van der Waals surface area contributed by atoms with E-state index in [2.05, 4.69) is 32.6 Å². The van der Waals surface area contributed by atoms with Crippen LogP contribution in [0.3, 0.4) is 0 Å². The van der Waals surface area contributed by atoms with Crippen molar-refractivity contribution in [2.45, 2.75) is 188 Å². The molecule has 39 heavy (non-hydrogen) atoms. The van der Waals surface area contributed by atoms with Gasteiger partial charge in [0, 0.05) is 13.0 Å². The molecule has 0 heterocycles. The highest BCUT2D eigenvalue weighted by molar-refractivity contribution is 5.69. The minimum absolute atomic E-state index is 0.0148. The van der Waals surface area contributed by atoms with Crippen molar-refractivity contribution in [2.24, 2.45) is 0 Å². The Morgan fingerprint density at radius 2 is 0.846 bits per heavy atom. The monoisotopic (exact) mass is 556 g/mol. The van der Waals surface area contributed by atoms with Crippen molar-refractivity contribution in [3.63, 3.8) is 0 Å². The van der Waals surface area contributed by atoms with Gasteiger partial charge in [0.2, 0.25) is 0 Å². The molecule has 0 radical (unpaired) electrons. The van der Waals surface area contributed by atoms with Gasteiger partial charge in [-0.25, -0.2) is 0 Å². The number of aliphatic hydroxyl groups excluding tert-OH is 1. The molecular formula is C35H73NO3. The molecule has 4 heteroatoms. The Bertz CT molecular complexity index is 438. The van der Waals surface area contributed by atoms with E-state index in [9.17, 15) is 9.90 Å². The van der Waals surface area contributed by atoms with Gasteiger partial charge in [0.15, 0.2) is 0 Å². The van der Waals surface area contributed by atoms with E-state index in [1.807, 2.05) is 0 Å². The van der Waals surface area contributed by atoms with E-state index >= 15 is 0 Å². The summed E-state index contributed by atoms with van der Waals surface area (Å²) in [6, 6.07) is 0. The molecule has 0 saturated carbocycles. The van der Waals surface area contributed by atoms with Crippen molar-refractivity contribution in [3.05, 3.63) is 0 Å². The number of unbranched alkanes of at least 4 members (excludes halogenated alkanes) is 20. The lowest BCUT2D eigenvalue weighted by Crippen LogP contribution is -2.29. The average Bonchev–Trinajstić information content (AvgIpc) is 2.94. The van der Waals surface area contributed by atoms with Crippen LogP contribution in [-0.2, 0) is 9.53 Å². The summed E-state index contributed by atoms with van der Waals surface area (Å²) >= 11 is 0. The Kier molecular flexibility index (Phi) is 38.9. The molecule has 0 saturated heterocycles. The lowest BCUT2D eigenvalue weighted by Gasteiger charge is -2.21. The summed E-state index contributed by atoms with van der Waals surface area (Å²) < 4.78 is 5.35. The molecule has 0 aromatic rings. The zero-order valence-corrected chi connectivity index (χ0v) is 27.4. The third-order valence-electron chi connectivity index (χ3n) is 7.57. The van der Waals surface area contributed by atoms with Crippen LogP contribution in [0.4, 0.5) is 0 Å². The van der Waals surface area contributed by atoms with Gasteiger partial charge >= 0.3 is 5.97 Å². The number of aliphatic hydroxyl groups is 1. The molecule has 0 atom stereocenters. The Morgan fingerprint density at radius 3 is 1.26 bits per heavy atom. The number of hydrogen-bond donors (Lipinski definition) is 1. The van der Waals surface area contributed by atoms with Crippen molar-refractivity contribution in [1.29, 1.82) is 0 Å². The molecule has 0 aliphatic rings. The Labute approximate surface area is 246 Å². The minimum atomic E-state index is -0.0148. The normalized spacial score (nSPS) is 11.0. The maximum atomic E-state index is 11.8. The molecule has 0 fully saturated rings. The van der Waals surface area contributed by atoms with Crippen LogP contribution in [-0.4, -0.2) is 48.8 Å². The number of carbonyl (C=O) groups excluding carboxylic acids is 1. The van der Waals surface area contributed by atoms with Gasteiger partial charge in [-0.1, -0.05) is 156 Å². The molecule has 0 aliphatic heterocycles. The fraction of sp³-hybridized carbons (Fsp3) is 0.971. The van der Waals surface area contributed by atoms with Gasteiger partial charge < -0.3 is 14.7 Å². The molecule has 0 spiro atoms. The van der Waals surface area contributed by atoms with Crippen LogP contribution in [0.15, 0.2) is 0 Å². The first-order chi connectivity index (χ1) is 19.2. The van der Waals surface area contributed by atoms with Gasteiger partial charge in [-0.2, -0.15) is 0 Å². The van der Waals surface area contributed by atoms with Crippen molar-refractivity contribution in [2.75, 3.05) is 32.8 Å². The summed E-state index contributed by atoms with van der Waals surface area (Å²) in [6.07, 6.45) is 31.4. The van der Waals surface area contributed by atoms with Gasteiger partial charge in [0.1, 0.15) is 0 Å². The highest BCUT2D eigenvalue weighted by Crippen LogP contribution is 2.10. The highest BCUT2D eigenvalue weighted by Gasteiger charge is 2.05. The van der Waals surface area contributed by atoms with Crippen LogP contribution in [0.5, 0.6) is 0 Å². The molecule has 4 nitrogen and oxygen atoms in total. The van der Waals surface area contributed by atoms with Crippen molar-refractivity contribution >= 4 is 5.97 Å². The molecule has 0 amide bonds. The molecule has 1 N–H and O–H groups in total. The number of hydrogen-bond acceptors (Lipinski definition) is 4. The summed E-state index contributed by atoms with van der Waals surface area (Å²) in [5.41, 5.74) is 0. The summed E-state index contributed by atoms with van der Waals surface area (Å²) in [4.78, 5) is 14.2. The minimum Gasteiger partial charge on any atom is -0.466 e. The summed E-state index contributed by atoms with van der Waals surface area (Å²) in [6.45, 7) is 12.9. The van der Waals surface area contributed by atoms with Crippen molar-refractivity contribution in [1.82, 2.24) is 4.90 Å². The topological polar surface area (TPSA) is 49.8 Å². The second-order valence-electron chi connectivity index (χ2n) is 11.6. The van der Waals surface area contributed by atoms with E-state index in [-0.39, 0.29) is 12.6 Å². The molecule has 0 unspecified atom stereocenters. The Hall–Kier alpha value is -0.610. The SMILES string of the molecule is CCCCCCCC.CCCCCCCCCOC(=O)CCCCCCCN(CCO)CCCCCCCC. The molecule has 0 aromatic heterocycles. The first-order valence-electron chi connectivity index (χ1n) is 17.6. The lowest BCUT2D eigenvalue weighted by molar-refractivity contribution is -0.143. The predicted octanol–water partition coefficient (Wildman–Crippen LogP) is 10.6. The fourth-order valence-corrected chi connectivity index (χ4v) is 4.90. The smallest absolute Gasteiger partial charge is 0.305 e. The van der Waals surface area contributed by atoms with Gasteiger partial charge in [-0.15, -0.1) is 0 Å². The molecule has 0 rings (SSSR count). The zero-order chi connectivity index (χ0) is 29.1. The van der Waals surface area contributed by atoms with E-state index in [4.69, 9.17) is 4.74 Å². The van der Waals surface area contributed by atoms with Crippen molar-refractivity contribution in [3.8, 4) is 0 Å². The standard InChI is InChI=1S/C27H55NO3.C8H18/c1-3-5-7-9-11-16-20-26-31-27(30)21-17-13-12-15-19-23-28(24-25-29)22-18-14-10-8-6-4-2;1-3-5-7-8-6-4-2/h29H,3-26H2,1-2H3;3-8H2,1-2H3.